The second-order valence-electron chi connectivity index (χ2n) is 3.18. The van der Waals surface area contributed by atoms with Crippen LogP contribution < -0.4 is 15.2 Å². The van der Waals surface area contributed by atoms with E-state index in [1.807, 2.05) is 0 Å². The minimum absolute atomic E-state index is 0.431. The highest BCUT2D eigenvalue weighted by molar-refractivity contribution is 5.61. The maximum atomic E-state index is 12.7. The first-order valence-electron chi connectivity index (χ1n) is 4.94. The predicted molar refractivity (Wildman–Crippen MR) is 62.4 cm³/mol. The van der Waals surface area contributed by atoms with Crippen molar-refractivity contribution >= 4 is 6.08 Å². The lowest BCUT2D eigenvalue weighted by molar-refractivity contribution is 0.380. The van der Waals surface area contributed by atoms with Crippen molar-refractivity contribution in [2.75, 3.05) is 20.8 Å². The van der Waals surface area contributed by atoms with Gasteiger partial charge in [0, 0.05) is 23.7 Å². The first-order chi connectivity index (χ1) is 7.76. The van der Waals surface area contributed by atoms with E-state index in [1.165, 1.54) is 7.11 Å². The van der Waals surface area contributed by atoms with Crippen LogP contribution in [-0.2, 0) is 6.67 Å². The molecule has 0 aliphatic carbocycles. The van der Waals surface area contributed by atoms with Gasteiger partial charge >= 0.3 is 0 Å². The average Bonchev–Trinajstić information content (AvgIpc) is 2.35. The molecule has 4 heteroatoms. The van der Waals surface area contributed by atoms with Gasteiger partial charge in [0.1, 0.15) is 18.2 Å². The molecule has 0 heterocycles. The summed E-state index contributed by atoms with van der Waals surface area (Å²) in [6, 6.07) is 3.37. The number of hydrogen-bond acceptors (Lipinski definition) is 3. The fraction of sp³-hybridized carbons (Fsp3) is 0.333. The molecule has 2 N–H and O–H groups in total. The molecule has 0 aliphatic rings. The highest BCUT2D eigenvalue weighted by Crippen LogP contribution is 2.30. The van der Waals surface area contributed by atoms with Crippen molar-refractivity contribution in [3.63, 3.8) is 0 Å². The number of benzene rings is 1. The van der Waals surface area contributed by atoms with Gasteiger partial charge in [-0.3, -0.25) is 0 Å². The van der Waals surface area contributed by atoms with Crippen LogP contribution in [0.1, 0.15) is 11.1 Å². The molecule has 0 amide bonds. The highest BCUT2D eigenvalue weighted by Gasteiger charge is 2.08. The van der Waals surface area contributed by atoms with Gasteiger partial charge in [-0.25, -0.2) is 4.39 Å². The van der Waals surface area contributed by atoms with Crippen LogP contribution in [0, 0.1) is 0 Å². The van der Waals surface area contributed by atoms with E-state index < -0.39 is 6.67 Å². The normalized spacial score (nSPS) is 10.8. The van der Waals surface area contributed by atoms with E-state index >= 15 is 0 Å². The topological polar surface area (TPSA) is 44.5 Å². The smallest absolute Gasteiger partial charge is 0.129 e. The highest BCUT2D eigenvalue weighted by atomic mass is 19.1. The van der Waals surface area contributed by atoms with E-state index in [0.717, 1.165) is 5.56 Å². The molecule has 0 fully saturated rings. The number of nitrogens with two attached hydrogens (primary N) is 1. The molecule has 1 aromatic carbocycles. The Balaban J connectivity index is 3.20. The summed E-state index contributed by atoms with van der Waals surface area (Å²) in [6.07, 6.45) is 3.59. The minimum atomic E-state index is -0.573. The Morgan fingerprint density at radius 2 is 1.94 bits per heavy atom. The Hall–Kier alpha value is -1.55. The van der Waals surface area contributed by atoms with Crippen molar-refractivity contribution in [2.45, 2.75) is 6.67 Å². The molecule has 3 nitrogen and oxygen atoms in total. The predicted octanol–water partition coefficient (Wildman–Crippen LogP) is 2.15. The number of methoxy groups -OCH3 is 2. The van der Waals surface area contributed by atoms with Gasteiger partial charge in [0.2, 0.25) is 0 Å². The van der Waals surface area contributed by atoms with E-state index in [1.54, 1.807) is 31.4 Å². The van der Waals surface area contributed by atoms with Gasteiger partial charge in [-0.05, 0) is 6.07 Å². The van der Waals surface area contributed by atoms with Crippen molar-refractivity contribution in [1.29, 1.82) is 0 Å². The molecule has 88 valence electrons. The molecule has 0 bridgehead atoms. The third kappa shape index (κ3) is 2.73. The summed E-state index contributed by atoms with van der Waals surface area (Å²) in [7, 11) is 3.06. The molecular weight excluding hydrogens is 209 g/mol. The van der Waals surface area contributed by atoms with Crippen LogP contribution in [0.25, 0.3) is 6.08 Å². The first-order valence-corrected chi connectivity index (χ1v) is 4.94. The van der Waals surface area contributed by atoms with Crippen LogP contribution in [0.2, 0.25) is 0 Å². The fourth-order valence-electron chi connectivity index (χ4n) is 1.42. The monoisotopic (exact) mass is 225 g/mol. The molecule has 0 saturated heterocycles. The molecule has 0 radical (unpaired) electrons. The molecule has 0 aliphatic heterocycles. The summed E-state index contributed by atoms with van der Waals surface area (Å²) in [5, 5.41) is 0. The second-order valence-corrected chi connectivity index (χ2v) is 3.18. The second kappa shape index (κ2) is 6.12. The summed E-state index contributed by atoms with van der Waals surface area (Å²) < 4.78 is 23.0. The van der Waals surface area contributed by atoms with E-state index in [2.05, 4.69) is 0 Å². The third-order valence-electron chi connectivity index (χ3n) is 2.21. The van der Waals surface area contributed by atoms with Crippen LogP contribution in [0.4, 0.5) is 4.39 Å². The lowest BCUT2D eigenvalue weighted by atomic mass is 10.1. The summed E-state index contributed by atoms with van der Waals surface area (Å²) in [5.41, 5.74) is 6.66. The Morgan fingerprint density at radius 1 is 1.25 bits per heavy atom. The summed E-state index contributed by atoms with van der Waals surface area (Å²) in [6.45, 7) is -0.142. The molecule has 1 aromatic rings. The lowest BCUT2D eigenvalue weighted by Crippen LogP contribution is -1.96. The van der Waals surface area contributed by atoms with Gasteiger partial charge in [-0.15, -0.1) is 0 Å². The van der Waals surface area contributed by atoms with Crippen molar-refractivity contribution in [3.8, 4) is 11.5 Å². The van der Waals surface area contributed by atoms with Crippen LogP contribution in [-0.4, -0.2) is 20.8 Å². The molecule has 0 aromatic heterocycles. The molecule has 0 unspecified atom stereocenters. The van der Waals surface area contributed by atoms with Gasteiger partial charge in [-0.2, -0.15) is 0 Å². The molecule has 16 heavy (non-hydrogen) atoms. The van der Waals surface area contributed by atoms with Crippen molar-refractivity contribution in [3.05, 3.63) is 29.3 Å². The lowest BCUT2D eigenvalue weighted by Gasteiger charge is -2.11. The number of halogens is 1. The van der Waals surface area contributed by atoms with Gasteiger partial charge in [0.05, 0.1) is 14.2 Å². The number of rotatable bonds is 5. The SMILES string of the molecule is COc1cc(OC)c(CF)cc1/C=C/CN. The van der Waals surface area contributed by atoms with Crippen LogP contribution in [0.15, 0.2) is 18.2 Å². The zero-order chi connectivity index (χ0) is 12.0. The van der Waals surface area contributed by atoms with Gasteiger partial charge in [0.25, 0.3) is 0 Å². The Labute approximate surface area is 94.7 Å². The van der Waals surface area contributed by atoms with Crippen molar-refractivity contribution in [1.82, 2.24) is 0 Å². The van der Waals surface area contributed by atoms with E-state index in [0.29, 0.717) is 23.6 Å². The minimum Gasteiger partial charge on any atom is -0.496 e. The number of alkyl halides is 1. The van der Waals surface area contributed by atoms with Crippen LogP contribution >= 0.6 is 0 Å². The average molecular weight is 225 g/mol. The maximum Gasteiger partial charge on any atom is 0.129 e. The molecule has 0 saturated carbocycles. The number of hydrogen-bond donors (Lipinski definition) is 1. The van der Waals surface area contributed by atoms with Gasteiger partial charge in [-0.1, -0.05) is 12.2 Å². The van der Waals surface area contributed by atoms with Crippen LogP contribution in [0.5, 0.6) is 11.5 Å². The molecule has 0 atom stereocenters. The van der Waals surface area contributed by atoms with Crippen molar-refractivity contribution in [2.24, 2.45) is 5.73 Å². The standard InChI is InChI=1S/C12H16FNO2/c1-15-11-7-12(16-2)10(8-13)6-9(11)4-3-5-14/h3-4,6-7H,5,8,14H2,1-2H3/b4-3+. The quantitative estimate of drug-likeness (QED) is 0.835. The molecule has 0 spiro atoms. The zero-order valence-electron chi connectivity index (χ0n) is 9.50. The zero-order valence-corrected chi connectivity index (χ0v) is 9.50. The summed E-state index contributed by atoms with van der Waals surface area (Å²) in [5.74, 6) is 1.13. The maximum absolute atomic E-state index is 12.7. The van der Waals surface area contributed by atoms with E-state index in [-0.39, 0.29) is 0 Å². The summed E-state index contributed by atoms with van der Waals surface area (Å²) >= 11 is 0. The van der Waals surface area contributed by atoms with Gasteiger partial charge in [0.15, 0.2) is 0 Å². The first kappa shape index (κ1) is 12.5. The third-order valence-corrected chi connectivity index (χ3v) is 2.21. The number of ether oxygens (including phenoxy) is 2. The summed E-state index contributed by atoms with van der Waals surface area (Å²) in [4.78, 5) is 0. The Bertz CT molecular complexity index is 378. The van der Waals surface area contributed by atoms with E-state index in [4.69, 9.17) is 15.2 Å². The fourth-order valence-corrected chi connectivity index (χ4v) is 1.42. The van der Waals surface area contributed by atoms with Gasteiger partial charge < -0.3 is 15.2 Å². The van der Waals surface area contributed by atoms with Crippen LogP contribution in [0.3, 0.4) is 0 Å². The molecule has 1 rings (SSSR count). The van der Waals surface area contributed by atoms with Crippen molar-refractivity contribution < 1.29 is 13.9 Å². The molecular formula is C12H16FNO2. The van der Waals surface area contributed by atoms with E-state index in [9.17, 15) is 4.39 Å². The Morgan fingerprint density at radius 3 is 2.44 bits per heavy atom. The Kier molecular flexibility index (Phi) is 4.79. The largest absolute Gasteiger partial charge is 0.496 e.